The van der Waals surface area contributed by atoms with Gasteiger partial charge in [0.2, 0.25) is 0 Å². The molecule has 0 radical (unpaired) electrons. The lowest BCUT2D eigenvalue weighted by atomic mass is 10.1. The Labute approximate surface area is 144 Å². The predicted molar refractivity (Wildman–Crippen MR) is 93.4 cm³/mol. The van der Waals surface area contributed by atoms with Crippen LogP contribution in [0.25, 0.3) is 11.1 Å². The van der Waals surface area contributed by atoms with Gasteiger partial charge in [-0.1, -0.05) is 6.92 Å². The Kier molecular flexibility index (Phi) is 4.89. The summed E-state index contributed by atoms with van der Waals surface area (Å²) < 4.78 is 6.38. The highest BCUT2D eigenvalue weighted by Crippen LogP contribution is 2.17. The van der Waals surface area contributed by atoms with Gasteiger partial charge in [-0.15, -0.1) is 0 Å². The highest BCUT2D eigenvalue weighted by Gasteiger charge is 2.23. The average molecular weight is 346 g/mol. The van der Waals surface area contributed by atoms with Gasteiger partial charge in [-0.3, -0.25) is 14.2 Å². The van der Waals surface area contributed by atoms with Gasteiger partial charge in [0.15, 0.2) is 5.58 Å². The van der Waals surface area contributed by atoms with Crippen LogP contribution in [0.2, 0.25) is 0 Å². The summed E-state index contributed by atoms with van der Waals surface area (Å²) in [6.07, 6.45) is 1.88. The van der Waals surface area contributed by atoms with Crippen molar-refractivity contribution < 1.29 is 14.0 Å². The Morgan fingerprint density at radius 2 is 2.12 bits per heavy atom. The van der Waals surface area contributed by atoms with Crippen molar-refractivity contribution in [3.8, 4) is 0 Å². The molecule has 25 heavy (non-hydrogen) atoms. The minimum absolute atomic E-state index is 0.0101. The number of likely N-dealkylation sites (N-methyl/N-ethyl adjacent to an activating group) is 1. The van der Waals surface area contributed by atoms with Gasteiger partial charge in [-0.25, -0.2) is 4.79 Å². The number of aromatic nitrogens is 1. The molecule has 2 aromatic rings. The zero-order valence-electron chi connectivity index (χ0n) is 14.4. The van der Waals surface area contributed by atoms with E-state index >= 15 is 0 Å². The third kappa shape index (κ3) is 3.74. The zero-order valence-corrected chi connectivity index (χ0v) is 14.4. The van der Waals surface area contributed by atoms with E-state index in [0.29, 0.717) is 16.8 Å². The topological polar surface area (TPSA) is 96.6 Å². The normalized spacial score (nSPS) is 18.2. The molecule has 8 nitrogen and oxygen atoms in total. The number of nitrogens with one attached hydrogen (secondary N) is 2. The smallest absolute Gasteiger partial charge is 0.408 e. The number of anilines is 1. The van der Waals surface area contributed by atoms with E-state index in [1.165, 1.54) is 4.57 Å². The first kappa shape index (κ1) is 17.2. The number of benzene rings is 1. The Bertz CT molecular complexity index is 854. The molecule has 0 bridgehead atoms. The summed E-state index contributed by atoms with van der Waals surface area (Å²) in [5, 5.41) is 5.35. The van der Waals surface area contributed by atoms with Crippen molar-refractivity contribution in [1.29, 1.82) is 0 Å². The highest BCUT2D eigenvalue weighted by molar-refractivity contribution is 6.39. The molecule has 1 fully saturated rings. The summed E-state index contributed by atoms with van der Waals surface area (Å²) in [5.41, 5.74) is 1.41. The second-order valence-electron chi connectivity index (χ2n) is 6.27. The maximum atomic E-state index is 12.1. The number of piperidine rings is 1. The van der Waals surface area contributed by atoms with Gasteiger partial charge >= 0.3 is 17.6 Å². The molecular weight excluding hydrogens is 324 g/mol. The third-order valence-electron chi connectivity index (χ3n) is 4.54. The van der Waals surface area contributed by atoms with E-state index in [1.54, 1.807) is 25.2 Å². The molecule has 2 heterocycles. The fourth-order valence-corrected chi connectivity index (χ4v) is 3.10. The highest BCUT2D eigenvalue weighted by atomic mass is 16.4. The van der Waals surface area contributed by atoms with Crippen molar-refractivity contribution in [1.82, 2.24) is 14.8 Å². The molecule has 3 rings (SSSR count). The minimum Gasteiger partial charge on any atom is -0.408 e. The molecule has 134 valence electrons. The molecule has 0 unspecified atom stereocenters. The van der Waals surface area contributed by atoms with E-state index in [4.69, 9.17) is 4.42 Å². The number of oxazole rings is 1. The van der Waals surface area contributed by atoms with Crippen LogP contribution in [0.3, 0.4) is 0 Å². The van der Waals surface area contributed by atoms with E-state index in [0.717, 1.165) is 32.5 Å². The summed E-state index contributed by atoms with van der Waals surface area (Å²) in [4.78, 5) is 38.0. The first-order valence-electron chi connectivity index (χ1n) is 8.41. The van der Waals surface area contributed by atoms with Gasteiger partial charge in [0.05, 0.1) is 5.52 Å². The van der Waals surface area contributed by atoms with Crippen molar-refractivity contribution >= 4 is 28.6 Å². The number of aryl methyl sites for hydroxylation is 1. The molecule has 0 spiro atoms. The summed E-state index contributed by atoms with van der Waals surface area (Å²) in [7, 11) is 1.58. The number of carbonyl (C=O) groups is 2. The maximum Gasteiger partial charge on any atom is 0.419 e. The van der Waals surface area contributed by atoms with Crippen LogP contribution in [-0.2, 0) is 16.6 Å². The van der Waals surface area contributed by atoms with Crippen LogP contribution >= 0.6 is 0 Å². The maximum absolute atomic E-state index is 12.1. The number of fused-ring (bicyclic) bond motifs is 1. The van der Waals surface area contributed by atoms with Gasteiger partial charge < -0.3 is 20.0 Å². The molecular formula is C17H22N4O4. The SMILES string of the molecule is CCN1CCC[C@@H](NC(=O)C(=O)Nc2ccc3oc(=O)n(C)c3c2)C1. The molecule has 1 aromatic carbocycles. The van der Waals surface area contributed by atoms with Crippen LogP contribution in [0.5, 0.6) is 0 Å². The van der Waals surface area contributed by atoms with Crippen LogP contribution in [0.4, 0.5) is 5.69 Å². The number of hydrogen-bond donors (Lipinski definition) is 2. The second kappa shape index (κ2) is 7.10. The van der Waals surface area contributed by atoms with Crippen LogP contribution in [0.15, 0.2) is 27.4 Å². The number of likely N-dealkylation sites (tertiary alicyclic amines) is 1. The molecule has 0 aliphatic carbocycles. The molecule has 0 saturated carbocycles. The Hall–Kier alpha value is -2.61. The number of nitrogens with zero attached hydrogens (tertiary/aromatic N) is 2. The average Bonchev–Trinajstić information content (AvgIpc) is 2.89. The van der Waals surface area contributed by atoms with Gasteiger partial charge in [0, 0.05) is 25.3 Å². The van der Waals surface area contributed by atoms with Crippen molar-refractivity contribution in [2.45, 2.75) is 25.8 Å². The lowest BCUT2D eigenvalue weighted by Gasteiger charge is -2.32. The van der Waals surface area contributed by atoms with Crippen molar-refractivity contribution in [3.05, 3.63) is 28.7 Å². The van der Waals surface area contributed by atoms with Crippen LogP contribution in [0, 0.1) is 0 Å². The molecule has 2 N–H and O–H groups in total. The molecule has 1 aliphatic rings. The Morgan fingerprint density at radius 1 is 1.32 bits per heavy atom. The van der Waals surface area contributed by atoms with E-state index in [1.807, 2.05) is 0 Å². The van der Waals surface area contributed by atoms with Gasteiger partial charge in [0.25, 0.3) is 0 Å². The van der Waals surface area contributed by atoms with Crippen LogP contribution in [0.1, 0.15) is 19.8 Å². The van der Waals surface area contributed by atoms with E-state index in [-0.39, 0.29) is 6.04 Å². The van der Waals surface area contributed by atoms with E-state index in [9.17, 15) is 14.4 Å². The molecule has 8 heteroatoms. The fourth-order valence-electron chi connectivity index (χ4n) is 3.10. The monoisotopic (exact) mass is 346 g/mol. The summed E-state index contributed by atoms with van der Waals surface area (Å²) in [5.74, 6) is -1.85. The first-order chi connectivity index (χ1) is 12.0. The second-order valence-corrected chi connectivity index (χ2v) is 6.27. The molecule has 1 saturated heterocycles. The summed E-state index contributed by atoms with van der Waals surface area (Å²) in [6.45, 7) is 4.80. The third-order valence-corrected chi connectivity index (χ3v) is 4.54. The minimum atomic E-state index is -0.721. The summed E-state index contributed by atoms with van der Waals surface area (Å²) >= 11 is 0. The Morgan fingerprint density at radius 3 is 2.88 bits per heavy atom. The predicted octanol–water partition coefficient (Wildman–Crippen LogP) is 0.670. The fraction of sp³-hybridized carbons (Fsp3) is 0.471. The van der Waals surface area contributed by atoms with Gasteiger partial charge in [-0.2, -0.15) is 0 Å². The van der Waals surface area contributed by atoms with Gasteiger partial charge in [-0.05, 0) is 44.1 Å². The van der Waals surface area contributed by atoms with E-state index < -0.39 is 17.6 Å². The molecule has 1 atom stereocenters. The summed E-state index contributed by atoms with van der Waals surface area (Å²) in [6, 6.07) is 4.77. The van der Waals surface area contributed by atoms with Crippen molar-refractivity contribution in [2.24, 2.45) is 7.05 Å². The van der Waals surface area contributed by atoms with Crippen molar-refractivity contribution in [3.63, 3.8) is 0 Å². The van der Waals surface area contributed by atoms with Gasteiger partial charge in [0.1, 0.15) is 0 Å². The zero-order chi connectivity index (χ0) is 18.0. The molecule has 2 amide bonds. The number of amides is 2. The Balaban J connectivity index is 1.64. The number of rotatable bonds is 3. The standard InChI is InChI=1S/C17H22N4O4/c1-3-21-8-4-5-12(10-21)19-16(23)15(22)18-11-6-7-14-13(9-11)20(2)17(24)25-14/h6-7,9,12H,3-5,8,10H2,1-2H3,(H,18,22)(H,19,23)/t12-/m1/s1. The van der Waals surface area contributed by atoms with Crippen LogP contribution < -0.4 is 16.4 Å². The van der Waals surface area contributed by atoms with E-state index in [2.05, 4.69) is 22.5 Å². The lowest BCUT2D eigenvalue weighted by Crippen LogP contribution is -2.50. The quantitative estimate of drug-likeness (QED) is 0.797. The number of hydrogen-bond acceptors (Lipinski definition) is 5. The largest absolute Gasteiger partial charge is 0.419 e. The lowest BCUT2D eigenvalue weighted by molar-refractivity contribution is -0.136. The molecule has 1 aromatic heterocycles. The van der Waals surface area contributed by atoms with Crippen molar-refractivity contribution in [2.75, 3.05) is 25.0 Å². The molecule has 1 aliphatic heterocycles. The first-order valence-corrected chi connectivity index (χ1v) is 8.41. The van der Waals surface area contributed by atoms with Crippen LogP contribution in [-0.4, -0.2) is 47.0 Å². The number of carbonyl (C=O) groups excluding carboxylic acids is 2.